The summed E-state index contributed by atoms with van der Waals surface area (Å²) in [6, 6.07) is 3.61. The largest absolute Gasteiger partial charge is 0.324 e. The predicted octanol–water partition coefficient (Wildman–Crippen LogP) is 0.649. The molecule has 1 aromatic carbocycles. The van der Waals surface area contributed by atoms with Crippen molar-refractivity contribution in [3.05, 3.63) is 35.7 Å². The van der Waals surface area contributed by atoms with E-state index in [2.05, 4.69) is 15.3 Å². The van der Waals surface area contributed by atoms with Crippen LogP contribution in [-0.4, -0.2) is 39.4 Å². The van der Waals surface area contributed by atoms with Crippen molar-refractivity contribution in [2.75, 3.05) is 7.05 Å². The van der Waals surface area contributed by atoms with E-state index in [0.29, 0.717) is 12.8 Å². The van der Waals surface area contributed by atoms with Crippen molar-refractivity contribution in [3.8, 4) is 0 Å². The molecular weight excluding hydrogens is 256 g/mol. The van der Waals surface area contributed by atoms with Crippen molar-refractivity contribution in [1.29, 1.82) is 0 Å². The van der Waals surface area contributed by atoms with Crippen LogP contribution in [0.5, 0.6) is 0 Å². The van der Waals surface area contributed by atoms with Gasteiger partial charge in [0.15, 0.2) is 0 Å². The molecule has 0 unspecified atom stereocenters. The van der Waals surface area contributed by atoms with Gasteiger partial charge in [-0.15, -0.1) is 0 Å². The number of carbonyl (C=O) groups is 2. The van der Waals surface area contributed by atoms with Crippen LogP contribution < -0.4 is 5.32 Å². The molecule has 1 aliphatic heterocycles. The van der Waals surface area contributed by atoms with E-state index in [4.69, 9.17) is 0 Å². The molecule has 0 radical (unpaired) electrons. The van der Waals surface area contributed by atoms with E-state index in [1.165, 1.54) is 4.90 Å². The molecule has 1 aromatic heterocycles. The number of nitrogens with zero attached hydrogens (tertiary/aromatic N) is 3. The molecule has 20 heavy (non-hydrogen) atoms. The minimum Gasteiger partial charge on any atom is -0.312 e. The van der Waals surface area contributed by atoms with Gasteiger partial charge in [-0.2, -0.15) is 0 Å². The van der Waals surface area contributed by atoms with Gasteiger partial charge in [-0.25, -0.2) is 4.79 Å². The normalized spacial score (nSPS) is 19.8. The number of fused-ring (bicyclic) bond motifs is 2. The van der Waals surface area contributed by atoms with Crippen LogP contribution in [0.1, 0.15) is 11.1 Å². The molecule has 2 heterocycles. The molecule has 0 saturated carbocycles. The number of hydrogen-bond acceptors (Lipinski definition) is 4. The van der Waals surface area contributed by atoms with Gasteiger partial charge in [0, 0.05) is 32.3 Å². The van der Waals surface area contributed by atoms with Gasteiger partial charge in [0.1, 0.15) is 5.54 Å². The number of urea groups is 1. The van der Waals surface area contributed by atoms with Crippen LogP contribution in [0.25, 0.3) is 11.0 Å². The van der Waals surface area contributed by atoms with Crippen LogP contribution in [0, 0.1) is 0 Å². The Morgan fingerprint density at radius 3 is 2.10 bits per heavy atom. The predicted molar refractivity (Wildman–Crippen MR) is 71.0 cm³/mol. The SMILES string of the molecule is CN1C(=O)NC(=O)C12Cc1cc3nccnc3cc1C2. The highest BCUT2D eigenvalue weighted by molar-refractivity contribution is 6.07. The van der Waals surface area contributed by atoms with Crippen LogP contribution in [0.15, 0.2) is 24.5 Å². The van der Waals surface area contributed by atoms with Gasteiger partial charge in [-0.1, -0.05) is 0 Å². The molecule has 4 rings (SSSR count). The lowest BCUT2D eigenvalue weighted by Gasteiger charge is -2.27. The fourth-order valence-electron chi connectivity index (χ4n) is 3.16. The average molecular weight is 268 g/mol. The molecular formula is C14H12N4O2. The molecule has 1 spiro atoms. The van der Waals surface area contributed by atoms with Crippen LogP contribution in [0.2, 0.25) is 0 Å². The minimum absolute atomic E-state index is 0.217. The zero-order valence-electron chi connectivity index (χ0n) is 10.9. The van der Waals surface area contributed by atoms with Crippen molar-refractivity contribution >= 4 is 23.0 Å². The summed E-state index contributed by atoms with van der Waals surface area (Å²) < 4.78 is 0. The Hall–Kier alpha value is -2.50. The van der Waals surface area contributed by atoms with E-state index < -0.39 is 5.54 Å². The highest BCUT2D eigenvalue weighted by atomic mass is 16.2. The van der Waals surface area contributed by atoms with Gasteiger partial charge in [0.2, 0.25) is 0 Å². The molecule has 0 atom stereocenters. The highest BCUT2D eigenvalue weighted by Crippen LogP contribution is 2.38. The summed E-state index contributed by atoms with van der Waals surface area (Å²) in [7, 11) is 1.67. The van der Waals surface area contributed by atoms with Crippen LogP contribution in [0.4, 0.5) is 4.79 Å². The topological polar surface area (TPSA) is 75.2 Å². The van der Waals surface area contributed by atoms with Gasteiger partial charge in [0.05, 0.1) is 11.0 Å². The summed E-state index contributed by atoms with van der Waals surface area (Å²) in [5, 5.41) is 2.39. The number of aromatic nitrogens is 2. The second kappa shape index (κ2) is 3.53. The fraction of sp³-hybridized carbons (Fsp3) is 0.286. The van der Waals surface area contributed by atoms with E-state index in [1.54, 1.807) is 19.4 Å². The lowest BCUT2D eigenvalue weighted by atomic mass is 9.95. The second-order valence-corrected chi connectivity index (χ2v) is 5.37. The Labute approximate surface area is 114 Å². The zero-order valence-corrected chi connectivity index (χ0v) is 10.9. The van der Waals surface area contributed by atoms with Crippen LogP contribution in [-0.2, 0) is 17.6 Å². The van der Waals surface area contributed by atoms with Gasteiger partial charge in [0.25, 0.3) is 5.91 Å². The third-order valence-electron chi connectivity index (χ3n) is 4.35. The van der Waals surface area contributed by atoms with Crippen LogP contribution >= 0.6 is 0 Å². The number of amides is 3. The van der Waals surface area contributed by atoms with Crippen molar-refractivity contribution in [2.24, 2.45) is 0 Å². The monoisotopic (exact) mass is 268 g/mol. The number of nitrogens with one attached hydrogen (secondary N) is 1. The quantitative estimate of drug-likeness (QED) is 0.712. The summed E-state index contributed by atoms with van der Waals surface area (Å²) in [6.45, 7) is 0. The molecule has 6 nitrogen and oxygen atoms in total. The summed E-state index contributed by atoms with van der Waals surface area (Å²) in [4.78, 5) is 34.0. The zero-order chi connectivity index (χ0) is 13.9. The van der Waals surface area contributed by atoms with E-state index in [1.807, 2.05) is 12.1 Å². The Bertz CT molecular complexity index is 726. The molecule has 3 amide bonds. The van der Waals surface area contributed by atoms with Gasteiger partial charge < -0.3 is 4.90 Å². The standard InChI is InChI=1S/C14H12N4O2/c1-18-13(20)17-12(19)14(18)6-8-4-10-11(5-9(8)7-14)16-3-2-15-10/h2-5H,6-7H2,1H3,(H,17,19,20). The van der Waals surface area contributed by atoms with E-state index in [-0.39, 0.29) is 11.9 Å². The van der Waals surface area contributed by atoms with Gasteiger partial charge in [-0.05, 0) is 23.3 Å². The first kappa shape index (κ1) is 11.3. The summed E-state index contributed by atoms with van der Waals surface area (Å²) >= 11 is 0. The van der Waals surface area contributed by atoms with Crippen molar-refractivity contribution < 1.29 is 9.59 Å². The first-order chi connectivity index (χ1) is 9.60. The maximum atomic E-state index is 12.2. The van der Waals surface area contributed by atoms with E-state index in [9.17, 15) is 9.59 Å². The number of imide groups is 1. The van der Waals surface area contributed by atoms with Crippen LogP contribution in [0.3, 0.4) is 0 Å². The minimum atomic E-state index is -0.781. The summed E-state index contributed by atoms with van der Waals surface area (Å²) in [5.41, 5.74) is 2.98. The summed E-state index contributed by atoms with van der Waals surface area (Å²) in [5.74, 6) is -0.217. The third kappa shape index (κ3) is 1.28. The van der Waals surface area contributed by atoms with Crippen molar-refractivity contribution in [1.82, 2.24) is 20.2 Å². The lowest BCUT2D eigenvalue weighted by Crippen LogP contribution is -2.48. The molecule has 1 aliphatic carbocycles. The molecule has 2 aliphatic rings. The third-order valence-corrected chi connectivity index (χ3v) is 4.35. The number of likely N-dealkylation sites (N-methyl/N-ethyl adjacent to an activating group) is 1. The number of benzene rings is 1. The first-order valence-corrected chi connectivity index (χ1v) is 6.42. The molecule has 1 N–H and O–H groups in total. The fourth-order valence-corrected chi connectivity index (χ4v) is 3.16. The smallest absolute Gasteiger partial charge is 0.312 e. The molecule has 0 bridgehead atoms. The van der Waals surface area contributed by atoms with E-state index in [0.717, 1.165) is 22.2 Å². The number of hydrogen-bond donors (Lipinski definition) is 1. The average Bonchev–Trinajstić information content (AvgIpc) is 2.91. The number of carbonyl (C=O) groups excluding carboxylic acids is 2. The Balaban J connectivity index is 1.86. The Morgan fingerprint density at radius 2 is 1.65 bits per heavy atom. The lowest BCUT2D eigenvalue weighted by molar-refractivity contribution is -0.125. The number of rotatable bonds is 0. The summed E-state index contributed by atoms with van der Waals surface area (Å²) in [6.07, 6.45) is 4.36. The molecule has 1 fully saturated rings. The molecule has 1 saturated heterocycles. The molecule has 2 aromatic rings. The first-order valence-electron chi connectivity index (χ1n) is 6.42. The van der Waals surface area contributed by atoms with Crippen molar-refractivity contribution in [3.63, 3.8) is 0 Å². The Morgan fingerprint density at radius 1 is 1.10 bits per heavy atom. The molecule has 100 valence electrons. The van der Waals surface area contributed by atoms with E-state index >= 15 is 0 Å². The maximum Gasteiger partial charge on any atom is 0.324 e. The van der Waals surface area contributed by atoms with Gasteiger partial charge in [-0.3, -0.25) is 20.1 Å². The Kier molecular flexibility index (Phi) is 2.00. The maximum absolute atomic E-state index is 12.2. The highest BCUT2D eigenvalue weighted by Gasteiger charge is 2.54. The second-order valence-electron chi connectivity index (χ2n) is 5.37. The molecule has 6 heteroatoms. The van der Waals surface area contributed by atoms with Gasteiger partial charge >= 0.3 is 6.03 Å². The van der Waals surface area contributed by atoms with Crippen molar-refractivity contribution in [2.45, 2.75) is 18.4 Å².